The molecule has 1 aromatic rings. The molecule has 0 atom stereocenters. The highest BCUT2D eigenvalue weighted by molar-refractivity contribution is 5.96. The molecule has 2 nitrogen and oxygen atoms in total. The Morgan fingerprint density at radius 2 is 1.79 bits per heavy atom. The van der Waals surface area contributed by atoms with Crippen molar-refractivity contribution in [2.24, 2.45) is 0 Å². The van der Waals surface area contributed by atoms with Crippen molar-refractivity contribution in [1.29, 1.82) is 0 Å². The predicted molar refractivity (Wildman–Crippen MR) is 77.7 cm³/mol. The third-order valence-electron chi connectivity index (χ3n) is 4.52. The summed E-state index contributed by atoms with van der Waals surface area (Å²) in [7, 11) is 0. The van der Waals surface area contributed by atoms with E-state index in [9.17, 15) is 4.79 Å². The minimum atomic E-state index is 0.320. The van der Waals surface area contributed by atoms with Gasteiger partial charge in [-0.3, -0.25) is 4.79 Å². The molecule has 102 valence electrons. The number of rotatable bonds is 4. The van der Waals surface area contributed by atoms with E-state index in [2.05, 4.69) is 17.0 Å². The molecular formula is C17H23NO. The van der Waals surface area contributed by atoms with E-state index in [4.69, 9.17) is 0 Å². The van der Waals surface area contributed by atoms with Crippen molar-refractivity contribution in [3.63, 3.8) is 0 Å². The Balaban J connectivity index is 1.57. The number of Topliss-reactive ketones (excluding diaryl/α,β-unsaturated/α-hetero) is 1. The first-order valence-electron chi connectivity index (χ1n) is 7.70. The Kier molecular flexibility index (Phi) is 3.97. The molecule has 0 unspecified atom stereocenters. The van der Waals surface area contributed by atoms with E-state index >= 15 is 0 Å². The van der Waals surface area contributed by atoms with Gasteiger partial charge in [0, 0.05) is 18.5 Å². The van der Waals surface area contributed by atoms with Crippen LogP contribution in [0.1, 0.15) is 53.6 Å². The zero-order valence-corrected chi connectivity index (χ0v) is 11.7. The van der Waals surface area contributed by atoms with Gasteiger partial charge in [-0.25, -0.2) is 0 Å². The van der Waals surface area contributed by atoms with Crippen LogP contribution in [0.25, 0.3) is 0 Å². The maximum absolute atomic E-state index is 12.3. The molecule has 1 heterocycles. The lowest BCUT2D eigenvalue weighted by Gasteiger charge is -2.25. The molecule has 1 fully saturated rings. The standard InChI is InChI=1S/C17H23NO/c19-17(9-12-18-10-2-1-3-11-18)16-8-7-14-5-4-6-15(14)13-16/h7-8,13H,1-6,9-12H2. The van der Waals surface area contributed by atoms with Gasteiger partial charge in [-0.15, -0.1) is 0 Å². The lowest BCUT2D eigenvalue weighted by molar-refractivity contribution is 0.0958. The van der Waals surface area contributed by atoms with Gasteiger partial charge >= 0.3 is 0 Å². The van der Waals surface area contributed by atoms with Crippen molar-refractivity contribution >= 4 is 5.78 Å². The van der Waals surface area contributed by atoms with Gasteiger partial charge in [0.15, 0.2) is 5.78 Å². The molecule has 0 radical (unpaired) electrons. The van der Waals surface area contributed by atoms with Crippen LogP contribution in [0, 0.1) is 0 Å². The molecule has 3 rings (SSSR count). The average molecular weight is 257 g/mol. The van der Waals surface area contributed by atoms with Crippen molar-refractivity contribution in [1.82, 2.24) is 4.90 Å². The van der Waals surface area contributed by atoms with Gasteiger partial charge in [0.1, 0.15) is 0 Å². The molecular weight excluding hydrogens is 234 g/mol. The number of aryl methyl sites for hydroxylation is 2. The second kappa shape index (κ2) is 5.87. The van der Waals surface area contributed by atoms with Gasteiger partial charge in [0.2, 0.25) is 0 Å². The van der Waals surface area contributed by atoms with Crippen LogP contribution < -0.4 is 0 Å². The van der Waals surface area contributed by atoms with E-state index in [1.807, 2.05) is 6.07 Å². The molecule has 1 saturated heterocycles. The number of carbonyl (C=O) groups excluding carboxylic acids is 1. The Morgan fingerprint density at radius 1 is 1.00 bits per heavy atom. The predicted octanol–water partition coefficient (Wildman–Crippen LogP) is 3.23. The van der Waals surface area contributed by atoms with Crippen molar-refractivity contribution in [2.75, 3.05) is 19.6 Å². The van der Waals surface area contributed by atoms with Crippen molar-refractivity contribution in [2.45, 2.75) is 44.9 Å². The third kappa shape index (κ3) is 3.06. The topological polar surface area (TPSA) is 20.3 Å². The van der Waals surface area contributed by atoms with E-state index in [-0.39, 0.29) is 0 Å². The fourth-order valence-corrected chi connectivity index (χ4v) is 3.33. The van der Waals surface area contributed by atoms with Gasteiger partial charge in [0.25, 0.3) is 0 Å². The summed E-state index contributed by atoms with van der Waals surface area (Å²) in [6, 6.07) is 6.33. The van der Waals surface area contributed by atoms with Crippen LogP contribution >= 0.6 is 0 Å². The smallest absolute Gasteiger partial charge is 0.164 e. The van der Waals surface area contributed by atoms with E-state index in [0.717, 1.165) is 18.5 Å². The molecule has 1 aliphatic carbocycles. The summed E-state index contributed by atoms with van der Waals surface area (Å²) in [5, 5.41) is 0. The average Bonchev–Trinajstić information content (AvgIpc) is 2.93. The fourth-order valence-electron chi connectivity index (χ4n) is 3.33. The largest absolute Gasteiger partial charge is 0.303 e. The number of fused-ring (bicyclic) bond motifs is 1. The molecule has 2 heteroatoms. The molecule has 0 aromatic heterocycles. The Bertz CT molecular complexity index is 460. The highest BCUT2D eigenvalue weighted by Crippen LogP contribution is 2.23. The molecule has 0 spiro atoms. The third-order valence-corrected chi connectivity index (χ3v) is 4.52. The zero-order chi connectivity index (χ0) is 13.1. The van der Waals surface area contributed by atoms with E-state index < -0.39 is 0 Å². The van der Waals surface area contributed by atoms with Crippen LogP contribution in [-0.2, 0) is 12.8 Å². The molecule has 0 bridgehead atoms. The maximum Gasteiger partial charge on any atom is 0.164 e. The lowest BCUT2D eigenvalue weighted by Crippen LogP contribution is -2.31. The number of benzene rings is 1. The second-order valence-electron chi connectivity index (χ2n) is 5.91. The van der Waals surface area contributed by atoms with E-state index in [0.29, 0.717) is 12.2 Å². The van der Waals surface area contributed by atoms with Crippen LogP contribution in [0.5, 0.6) is 0 Å². The Hall–Kier alpha value is -1.15. The van der Waals surface area contributed by atoms with E-state index in [1.165, 1.54) is 56.3 Å². The molecule has 0 saturated carbocycles. The summed E-state index contributed by atoms with van der Waals surface area (Å²) in [5.41, 5.74) is 3.79. The first-order valence-corrected chi connectivity index (χ1v) is 7.70. The van der Waals surface area contributed by atoms with Gasteiger partial charge in [-0.1, -0.05) is 18.6 Å². The summed E-state index contributed by atoms with van der Waals surface area (Å²) in [6.45, 7) is 3.30. The van der Waals surface area contributed by atoms with Crippen molar-refractivity contribution in [3.8, 4) is 0 Å². The van der Waals surface area contributed by atoms with Crippen molar-refractivity contribution in [3.05, 3.63) is 34.9 Å². The number of carbonyl (C=O) groups is 1. The van der Waals surface area contributed by atoms with Gasteiger partial charge in [0.05, 0.1) is 0 Å². The number of likely N-dealkylation sites (tertiary alicyclic amines) is 1. The monoisotopic (exact) mass is 257 g/mol. The Labute approximate surface area is 115 Å². The highest BCUT2D eigenvalue weighted by atomic mass is 16.1. The van der Waals surface area contributed by atoms with Crippen LogP contribution in [-0.4, -0.2) is 30.3 Å². The first kappa shape index (κ1) is 12.9. The molecule has 1 aromatic carbocycles. The molecule has 0 N–H and O–H groups in total. The summed E-state index contributed by atoms with van der Waals surface area (Å²) < 4.78 is 0. The number of nitrogens with zero attached hydrogens (tertiary/aromatic N) is 1. The summed E-state index contributed by atoms with van der Waals surface area (Å²) in [4.78, 5) is 14.7. The molecule has 2 aliphatic rings. The summed E-state index contributed by atoms with van der Waals surface area (Å²) in [6.07, 6.45) is 8.23. The Morgan fingerprint density at radius 3 is 2.63 bits per heavy atom. The SMILES string of the molecule is O=C(CCN1CCCCC1)c1ccc2c(c1)CCC2. The normalized spacial score (nSPS) is 19.4. The van der Waals surface area contributed by atoms with Gasteiger partial charge < -0.3 is 4.90 Å². The van der Waals surface area contributed by atoms with Crippen LogP contribution in [0.3, 0.4) is 0 Å². The molecule has 19 heavy (non-hydrogen) atoms. The van der Waals surface area contributed by atoms with Gasteiger partial charge in [-0.05, 0) is 62.4 Å². The number of piperidine rings is 1. The van der Waals surface area contributed by atoms with Crippen LogP contribution in [0.4, 0.5) is 0 Å². The second-order valence-corrected chi connectivity index (χ2v) is 5.91. The summed E-state index contributed by atoms with van der Waals surface area (Å²) >= 11 is 0. The first-order chi connectivity index (χ1) is 9.33. The van der Waals surface area contributed by atoms with Crippen molar-refractivity contribution < 1.29 is 4.79 Å². The molecule has 1 aliphatic heterocycles. The van der Waals surface area contributed by atoms with Crippen LogP contribution in [0.15, 0.2) is 18.2 Å². The number of hydrogen-bond donors (Lipinski definition) is 0. The maximum atomic E-state index is 12.3. The van der Waals surface area contributed by atoms with E-state index in [1.54, 1.807) is 0 Å². The van der Waals surface area contributed by atoms with Gasteiger partial charge in [-0.2, -0.15) is 0 Å². The number of hydrogen-bond acceptors (Lipinski definition) is 2. The molecule has 0 amide bonds. The summed E-state index contributed by atoms with van der Waals surface area (Å²) in [5.74, 6) is 0.320. The fraction of sp³-hybridized carbons (Fsp3) is 0.588. The minimum Gasteiger partial charge on any atom is -0.303 e. The lowest BCUT2D eigenvalue weighted by atomic mass is 10.0. The highest BCUT2D eigenvalue weighted by Gasteiger charge is 2.15. The zero-order valence-electron chi connectivity index (χ0n) is 11.7. The minimum absolute atomic E-state index is 0.320. The number of ketones is 1. The quantitative estimate of drug-likeness (QED) is 0.772. The van der Waals surface area contributed by atoms with Crippen LogP contribution in [0.2, 0.25) is 0 Å².